The predicted octanol–water partition coefficient (Wildman–Crippen LogP) is 3.73. The Labute approximate surface area is 158 Å². The Morgan fingerprint density at radius 2 is 1.58 bits per heavy atom. The average Bonchev–Trinajstić information content (AvgIpc) is 3.16. The van der Waals surface area contributed by atoms with Crippen molar-refractivity contribution in [3.05, 3.63) is 66.2 Å². The van der Waals surface area contributed by atoms with Gasteiger partial charge in [0.15, 0.2) is 16.6 Å². The van der Waals surface area contributed by atoms with Crippen LogP contribution in [0.4, 0.5) is 11.4 Å². The summed E-state index contributed by atoms with van der Waals surface area (Å²) in [5.41, 5.74) is 2.26. The first kappa shape index (κ1) is 16.6. The molecule has 2 heterocycles. The number of carbonyl (C=O) groups excluding carboxylic acids is 1. The van der Waals surface area contributed by atoms with Crippen LogP contribution in [-0.2, 0) is 4.79 Å². The summed E-state index contributed by atoms with van der Waals surface area (Å²) in [5.74, 6) is 1.14. The lowest BCUT2D eigenvalue weighted by Gasteiger charge is -2.22. The summed E-state index contributed by atoms with van der Waals surface area (Å²) < 4.78 is 6.11. The summed E-state index contributed by atoms with van der Waals surface area (Å²) in [7, 11) is 0. The summed E-state index contributed by atoms with van der Waals surface area (Å²) in [5, 5.41) is 0.474. The Hall–Kier alpha value is -2.86. The van der Waals surface area contributed by atoms with E-state index in [1.54, 1.807) is 4.90 Å². The van der Waals surface area contributed by atoms with Gasteiger partial charge in [0.1, 0.15) is 0 Å². The summed E-state index contributed by atoms with van der Waals surface area (Å²) in [6.45, 7) is 5.15. The molecule has 26 heavy (non-hydrogen) atoms. The number of amides is 1. The second-order valence-corrected chi connectivity index (χ2v) is 6.34. The number of thiocarbonyl (C=S) groups is 1. The molecule has 132 valence electrons. The lowest BCUT2D eigenvalue weighted by atomic mass is 10.2. The van der Waals surface area contributed by atoms with Crippen LogP contribution >= 0.6 is 12.2 Å². The molecule has 0 bridgehead atoms. The Bertz CT molecular complexity index is 910. The fourth-order valence-corrected chi connectivity index (χ4v) is 3.74. The van der Waals surface area contributed by atoms with E-state index in [-0.39, 0.29) is 5.91 Å². The van der Waals surface area contributed by atoms with E-state index in [0.717, 1.165) is 17.1 Å². The van der Waals surface area contributed by atoms with Gasteiger partial charge in [-0.1, -0.05) is 30.3 Å². The molecule has 0 spiro atoms. The maximum atomic E-state index is 13.2. The number of likely N-dealkylation sites (N-methyl/N-ethyl adjacent to an activating group) is 1. The highest BCUT2D eigenvalue weighted by Gasteiger charge is 2.44. The van der Waals surface area contributed by atoms with Gasteiger partial charge in [0.2, 0.25) is 5.88 Å². The zero-order valence-corrected chi connectivity index (χ0v) is 15.5. The number of hydrogen-bond acceptors (Lipinski definition) is 4. The van der Waals surface area contributed by atoms with Crippen molar-refractivity contribution in [1.29, 1.82) is 0 Å². The quantitative estimate of drug-likeness (QED) is 0.612. The van der Waals surface area contributed by atoms with Gasteiger partial charge >= 0.3 is 0 Å². The van der Waals surface area contributed by atoms with Crippen LogP contribution in [0, 0.1) is 0 Å². The molecule has 2 aliphatic heterocycles. The zero-order chi connectivity index (χ0) is 18.3. The van der Waals surface area contributed by atoms with Gasteiger partial charge in [0.05, 0.1) is 5.69 Å². The SMILES string of the molecule is CCN1C(=O)C(=C2Oc3ccccc3N2CC)N(c2ccccc2)C1=S. The second-order valence-electron chi connectivity index (χ2n) is 5.97. The maximum absolute atomic E-state index is 13.2. The van der Waals surface area contributed by atoms with Gasteiger partial charge in [-0.25, -0.2) is 0 Å². The molecule has 4 rings (SSSR count). The van der Waals surface area contributed by atoms with E-state index in [1.807, 2.05) is 78.2 Å². The maximum Gasteiger partial charge on any atom is 0.282 e. The lowest BCUT2D eigenvalue weighted by Crippen LogP contribution is -2.32. The van der Waals surface area contributed by atoms with Gasteiger partial charge < -0.3 is 9.64 Å². The van der Waals surface area contributed by atoms with Gasteiger partial charge in [0.25, 0.3) is 5.91 Å². The molecule has 1 amide bonds. The molecule has 0 radical (unpaired) electrons. The molecule has 1 fully saturated rings. The van der Waals surface area contributed by atoms with Crippen LogP contribution in [0.25, 0.3) is 0 Å². The summed E-state index contributed by atoms with van der Waals surface area (Å²) in [6, 6.07) is 17.5. The van der Waals surface area contributed by atoms with E-state index in [1.165, 1.54) is 0 Å². The Balaban J connectivity index is 1.91. The minimum Gasteiger partial charge on any atom is -0.436 e. The number of benzene rings is 2. The van der Waals surface area contributed by atoms with E-state index in [0.29, 0.717) is 29.8 Å². The van der Waals surface area contributed by atoms with Crippen LogP contribution in [0.15, 0.2) is 66.2 Å². The van der Waals surface area contributed by atoms with Crippen LogP contribution in [0.1, 0.15) is 13.8 Å². The number of nitrogens with zero attached hydrogens (tertiary/aromatic N) is 3. The number of rotatable bonds is 3. The zero-order valence-electron chi connectivity index (χ0n) is 14.7. The summed E-state index contributed by atoms with van der Waals surface area (Å²) in [6.07, 6.45) is 0. The van der Waals surface area contributed by atoms with Crippen LogP contribution in [0.3, 0.4) is 0 Å². The Morgan fingerprint density at radius 3 is 2.27 bits per heavy atom. The normalized spacial score (nSPS) is 19.2. The third-order valence-corrected chi connectivity index (χ3v) is 4.95. The van der Waals surface area contributed by atoms with Crippen LogP contribution < -0.4 is 14.5 Å². The number of hydrogen-bond donors (Lipinski definition) is 0. The highest BCUT2D eigenvalue weighted by molar-refractivity contribution is 7.80. The summed E-state index contributed by atoms with van der Waals surface area (Å²) >= 11 is 5.62. The van der Waals surface area contributed by atoms with Crippen molar-refractivity contribution in [2.24, 2.45) is 0 Å². The predicted molar refractivity (Wildman–Crippen MR) is 106 cm³/mol. The molecule has 0 saturated carbocycles. The fraction of sp³-hybridized carbons (Fsp3) is 0.200. The number of fused-ring (bicyclic) bond motifs is 1. The van der Waals surface area contributed by atoms with Gasteiger partial charge in [0, 0.05) is 18.8 Å². The number of anilines is 2. The van der Waals surface area contributed by atoms with Crippen LogP contribution in [0.2, 0.25) is 0 Å². The highest BCUT2D eigenvalue weighted by Crippen LogP contribution is 2.42. The van der Waals surface area contributed by atoms with Crippen molar-refractivity contribution in [3.8, 4) is 5.75 Å². The molecule has 0 unspecified atom stereocenters. The minimum atomic E-state index is -0.136. The molecular formula is C20H19N3O2S. The fourth-order valence-electron chi connectivity index (χ4n) is 3.33. The van der Waals surface area contributed by atoms with E-state index in [9.17, 15) is 4.79 Å². The number of ether oxygens (including phenoxy) is 1. The van der Waals surface area contributed by atoms with E-state index in [2.05, 4.69) is 0 Å². The molecule has 5 nitrogen and oxygen atoms in total. The Morgan fingerprint density at radius 1 is 0.923 bits per heavy atom. The highest BCUT2D eigenvalue weighted by atomic mass is 32.1. The molecule has 2 aromatic carbocycles. The number of carbonyl (C=O) groups is 1. The Kier molecular flexibility index (Phi) is 4.12. The molecule has 1 saturated heterocycles. The first-order valence-electron chi connectivity index (χ1n) is 8.67. The van der Waals surface area contributed by atoms with Crippen molar-refractivity contribution in [2.45, 2.75) is 13.8 Å². The smallest absolute Gasteiger partial charge is 0.282 e. The molecule has 0 aromatic heterocycles. The first-order valence-corrected chi connectivity index (χ1v) is 9.07. The minimum absolute atomic E-state index is 0.136. The second kappa shape index (κ2) is 6.46. The lowest BCUT2D eigenvalue weighted by molar-refractivity contribution is -0.122. The van der Waals surface area contributed by atoms with Crippen LogP contribution in [0.5, 0.6) is 5.75 Å². The van der Waals surface area contributed by atoms with Gasteiger partial charge in [-0.05, 0) is 50.3 Å². The van der Waals surface area contributed by atoms with Crippen molar-refractivity contribution < 1.29 is 9.53 Å². The molecule has 2 aliphatic rings. The topological polar surface area (TPSA) is 36.0 Å². The molecular weight excluding hydrogens is 346 g/mol. The molecule has 6 heteroatoms. The molecule has 2 aromatic rings. The molecule has 0 N–H and O–H groups in total. The third-order valence-electron chi connectivity index (χ3n) is 4.55. The average molecular weight is 365 g/mol. The van der Waals surface area contributed by atoms with E-state index in [4.69, 9.17) is 17.0 Å². The third kappa shape index (κ3) is 2.37. The van der Waals surface area contributed by atoms with E-state index >= 15 is 0 Å². The van der Waals surface area contributed by atoms with Crippen molar-refractivity contribution in [3.63, 3.8) is 0 Å². The van der Waals surface area contributed by atoms with Crippen molar-refractivity contribution >= 4 is 34.6 Å². The number of para-hydroxylation sites is 3. The largest absolute Gasteiger partial charge is 0.436 e. The van der Waals surface area contributed by atoms with Crippen LogP contribution in [-0.4, -0.2) is 29.0 Å². The standard InChI is InChI=1S/C20H19N3O2S/c1-3-21-15-12-8-9-13-16(15)25-19(21)17-18(24)22(4-2)20(26)23(17)14-10-6-5-7-11-14/h5-13H,3-4H2,1-2H3. The van der Waals surface area contributed by atoms with Gasteiger partial charge in [-0.15, -0.1) is 0 Å². The first-order chi connectivity index (χ1) is 12.7. The monoisotopic (exact) mass is 365 g/mol. The van der Waals surface area contributed by atoms with Crippen molar-refractivity contribution in [1.82, 2.24) is 4.90 Å². The molecule has 0 aliphatic carbocycles. The molecule has 0 atom stereocenters. The van der Waals surface area contributed by atoms with Gasteiger partial charge in [-0.3, -0.25) is 14.6 Å². The van der Waals surface area contributed by atoms with Crippen molar-refractivity contribution in [2.75, 3.05) is 22.9 Å². The van der Waals surface area contributed by atoms with E-state index < -0.39 is 0 Å². The van der Waals surface area contributed by atoms with Gasteiger partial charge in [-0.2, -0.15) is 0 Å². The summed E-state index contributed by atoms with van der Waals surface area (Å²) in [4.78, 5) is 18.6.